The molecule has 0 atom stereocenters. The van der Waals surface area contributed by atoms with E-state index in [0.717, 1.165) is 5.56 Å². The van der Waals surface area contributed by atoms with Crippen molar-refractivity contribution >= 4 is 18.1 Å². The minimum absolute atomic E-state index is 0.0469. The van der Waals surface area contributed by atoms with Gasteiger partial charge in [-0.25, -0.2) is 0 Å². The van der Waals surface area contributed by atoms with Crippen molar-refractivity contribution in [2.45, 2.75) is 6.42 Å². The maximum absolute atomic E-state index is 12.6. The number of hydrogen-bond acceptors (Lipinski definition) is 5. The summed E-state index contributed by atoms with van der Waals surface area (Å²) in [5.74, 6) is 0.861. The zero-order valence-electron chi connectivity index (χ0n) is 12.8. The van der Waals surface area contributed by atoms with Crippen LogP contribution in [0.4, 0.5) is 0 Å². The number of aromatic nitrogens is 2. The summed E-state index contributed by atoms with van der Waals surface area (Å²) in [7, 11) is 0. The van der Waals surface area contributed by atoms with Crippen LogP contribution in [0.1, 0.15) is 21.5 Å². The molecular formula is C16H15N3O4S. The monoisotopic (exact) mass is 345 g/mol. The van der Waals surface area contributed by atoms with Crippen molar-refractivity contribution in [2.24, 2.45) is 0 Å². The molecule has 0 saturated carbocycles. The third-order valence-corrected chi connectivity index (χ3v) is 4.40. The maximum atomic E-state index is 12.6. The number of benzene rings is 1. The van der Waals surface area contributed by atoms with Gasteiger partial charge in [-0.05, 0) is 29.9 Å². The van der Waals surface area contributed by atoms with E-state index in [1.807, 2.05) is 6.07 Å². The smallest absolute Gasteiger partial charge is 0.259 e. The first-order valence-corrected chi connectivity index (χ1v) is 8.06. The van der Waals surface area contributed by atoms with Gasteiger partial charge in [0.05, 0.1) is 18.8 Å². The molecule has 3 heterocycles. The quantitative estimate of drug-likeness (QED) is 0.654. The molecule has 8 heteroatoms. The van der Waals surface area contributed by atoms with Gasteiger partial charge in [0.1, 0.15) is 5.75 Å². The molecule has 0 unspecified atom stereocenters. The van der Waals surface area contributed by atoms with E-state index in [2.05, 4.69) is 9.97 Å². The zero-order valence-corrected chi connectivity index (χ0v) is 13.6. The lowest BCUT2D eigenvalue weighted by Crippen LogP contribution is -2.40. The van der Waals surface area contributed by atoms with Crippen LogP contribution >= 0.6 is 12.2 Å². The SMILES string of the molecule is O=C(c1ccc2c(c1)Oc1[nH]c(=S)[nH]c(=O)c1C2)N1CCOCC1. The van der Waals surface area contributed by atoms with Crippen LogP contribution in [-0.4, -0.2) is 47.1 Å². The Morgan fingerprint density at radius 2 is 2.00 bits per heavy atom. The fourth-order valence-electron chi connectivity index (χ4n) is 2.92. The second-order valence-electron chi connectivity index (χ2n) is 5.72. The highest BCUT2D eigenvalue weighted by Gasteiger charge is 2.24. The molecule has 124 valence electrons. The van der Waals surface area contributed by atoms with E-state index in [1.165, 1.54) is 0 Å². The van der Waals surface area contributed by atoms with Gasteiger partial charge in [-0.15, -0.1) is 0 Å². The van der Waals surface area contributed by atoms with Crippen LogP contribution in [-0.2, 0) is 11.2 Å². The third kappa shape index (κ3) is 2.63. The standard InChI is InChI=1S/C16H15N3O4S/c20-13-11-7-9-1-2-10(15(21)19-3-5-22-6-4-19)8-12(9)23-14(11)18-16(24)17-13/h1-2,8H,3-7H2,(H2,17,18,20,24). The summed E-state index contributed by atoms with van der Waals surface area (Å²) in [4.78, 5) is 31.7. The molecule has 1 aromatic heterocycles. The molecule has 7 nitrogen and oxygen atoms in total. The number of fused-ring (bicyclic) bond motifs is 2. The molecular weight excluding hydrogens is 330 g/mol. The molecule has 2 aromatic rings. The minimum atomic E-state index is -0.257. The van der Waals surface area contributed by atoms with E-state index >= 15 is 0 Å². The number of amides is 1. The van der Waals surface area contributed by atoms with Crippen LogP contribution in [0.15, 0.2) is 23.0 Å². The maximum Gasteiger partial charge on any atom is 0.259 e. The Morgan fingerprint density at radius 1 is 1.21 bits per heavy atom. The molecule has 0 bridgehead atoms. The fourth-order valence-corrected chi connectivity index (χ4v) is 3.10. The molecule has 24 heavy (non-hydrogen) atoms. The van der Waals surface area contributed by atoms with Crippen molar-refractivity contribution in [2.75, 3.05) is 26.3 Å². The summed E-state index contributed by atoms with van der Waals surface area (Å²) in [6.07, 6.45) is 0.429. The van der Waals surface area contributed by atoms with Crippen LogP contribution < -0.4 is 10.3 Å². The molecule has 1 saturated heterocycles. The normalized spacial score (nSPS) is 16.1. The third-order valence-electron chi connectivity index (χ3n) is 4.19. The summed E-state index contributed by atoms with van der Waals surface area (Å²) in [5, 5.41) is 0. The lowest BCUT2D eigenvalue weighted by molar-refractivity contribution is 0.0302. The highest BCUT2D eigenvalue weighted by Crippen LogP contribution is 2.34. The number of aromatic amines is 2. The van der Waals surface area contributed by atoms with Gasteiger partial charge in [0, 0.05) is 25.1 Å². The fraction of sp³-hybridized carbons (Fsp3) is 0.312. The number of carbonyl (C=O) groups excluding carboxylic acids is 1. The van der Waals surface area contributed by atoms with Crippen LogP contribution in [0.2, 0.25) is 0 Å². The summed E-state index contributed by atoms with van der Waals surface area (Å²) in [6, 6.07) is 5.31. The second-order valence-corrected chi connectivity index (χ2v) is 6.13. The minimum Gasteiger partial charge on any atom is -0.440 e. The molecule has 4 rings (SSSR count). The summed E-state index contributed by atoms with van der Waals surface area (Å²) in [5.41, 5.74) is 1.66. The Kier molecular flexibility index (Phi) is 3.70. The Labute approximate surface area is 142 Å². The predicted molar refractivity (Wildman–Crippen MR) is 88.3 cm³/mol. The van der Waals surface area contributed by atoms with Crippen molar-refractivity contribution < 1.29 is 14.3 Å². The molecule has 2 N–H and O–H groups in total. The van der Waals surface area contributed by atoms with E-state index in [0.29, 0.717) is 55.5 Å². The summed E-state index contributed by atoms with van der Waals surface area (Å²) >= 11 is 4.97. The zero-order chi connectivity index (χ0) is 16.7. The molecule has 1 amide bonds. The molecule has 0 aliphatic carbocycles. The number of nitrogens with zero attached hydrogens (tertiary/aromatic N) is 1. The van der Waals surface area contributed by atoms with Crippen molar-refractivity contribution in [1.29, 1.82) is 0 Å². The Balaban J connectivity index is 1.66. The first kappa shape index (κ1) is 15.1. The van der Waals surface area contributed by atoms with Gasteiger partial charge in [0.2, 0.25) is 5.88 Å². The highest BCUT2D eigenvalue weighted by atomic mass is 32.1. The average molecular weight is 345 g/mol. The molecule has 0 radical (unpaired) electrons. The van der Waals surface area contributed by atoms with Gasteiger partial charge in [-0.2, -0.15) is 0 Å². The van der Waals surface area contributed by atoms with Gasteiger partial charge < -0.3 is 19.4 Å². The van der Waals surface area contributed by atoms with Gasteiger partial charge >= 0.3 is 0 Å². The van der Waals surface area contributed by atoms with Crippen molar-refractivity contribution in [1.82, 2.24) is 14.9 Å². The topological polar surface area (TPSA) is 87.4 Å². The van der Waals surface area contributed by atoms with E-state index in [-0.39, 0.29) is 16.2 Å². The van der Waals surface area contributed by atoms with Gasteiger partial charge in [-0.1, -0.05) is 6.07 Å². The van der Waals surface area contributed by atoms with Crippen molar-refractivity contribution in [3.05, 3.63) is 50.0 Å². The van der Waals surface area contributed by atoms with Crippen LogP contribution in [0, 0.1) is 4.77 Å². The summed E-state index contributed by atoms with van der Waals surface area (Å²) < 4.78 is 11.3. The van der Waals surface area contributed by atoms with Crippen LogP contribution in [0.25, 0.3) is 0 Å². The van der Waals surface area contributed by atoms with Crippen molar-refractivity contribution in [3.63, 3.8) is 0 Å². The molecule has 2 aliphatic heterocycles. The number of rotatable bonds is 1. The average Bonchev–Trinajstić information content (AvgIpc) is 2.60. The Morgan fingerprint density at radius 3 is 2.79 bits per heavy atom. The molecule has 0 spiro atoms. The predicted octanol–water partition coefficient (Wildman–Crippen LogP) is 1.60. The number of nitrogens with one attached hydrogen (secondary N) is 2. The number of hydrogen-bond donors (Lipinski definition) is 2. The van der Waals surface area contributed by atoms with Crippen LogP contribution in [0.3, 0.4) is 0 Å². The van der Waals surface area contributed by atoms with Gasteiger partial charge in [0.15, 0.2) is 4.77 Å². The Hall–Kier alpha value is -2.45. The lowest BCUT2D eigenvalue weighted by Gasteiger charge is -2.27. The lowest BCUT2D eigenvalue weighted by atomic mass is 10.0. The molecule has 1 fully saturated rings. The van der Waals surface area contributed by atoms with E-state index in [4.69, 9.17) is 21.7 Å². The number of carbonyl (C=O) groups is 1. The first-order valence-electron chi connectivity index (χ1n) is 7.65. The number of ether oxygens (including phenoxy) is 2. The molecule has 2 aliphatic rings. The number of morpholine rings is 1. The van der Waals surface area contributed by atoms with Crippen molar-refractivity contribution in [3.8, 4) is 11.6 Å². The van der Waals surface area contributed by atoms with Crippen LogP contribution in [0.5, 0.6) is 11.6 Å². The highest BCUT2D eigenvalue weighted by molar-refractivity contribution is 7.71. The van der Waals surface area contributed by atoms with E-state index in [1.54, 1.807) is 17.0 Å². The largest absolute Gasteiger partial charge is 0.440 e. The van der Waals surface area contributed by atoms with Gasteiger partial charge in [0.25, 0.3) is 11.5 Å². The Bertz CT molecular complexity index is 928. The molecule has 1 aromatic carbocycles. The van der Waals surface area contributed by atoms with E-state index < -0.39 is 0 Å². The van der Waals surface area contributed by atoms with E-state index in [9.17, 15) is 9.59 Å². The number of H-pyrrole nitrogens is 2. The van der Waals surface area contributed by atoms with Gasteiger partial charge in [-0.3, -0.25) is 14.6 Å². The second kappa shape index (κ2) is 5.88. The first-order chi connectivity index (χ1) is 11.6. The summed E-state index contributed by atoms with van der Waals surface area (Å²) in [6.45, 7) is 2.28.